The van der Waals surface area contributed by atoms with Crippen LogP contribution < -0.4 is 5.73 Å². The van der Waals surface area contributed by atoms with Crippen LogP contribution in [0.2, 0.25) is 0 Å². The summed E-state index contributed by atoms with van der Waals surface area (Å²) in [5.41, 5.74) is 7.04. The maximum absolute atomic E-state index is 13.1. The molecule has 0 spiro atoms. The Morgan fingerprint density at radius 2 is 1.78 bits per heavy atom. The standard InChI is InChI=1S/C15H23F2N/c1-10(15(2,3)4)7-12(18)8-11-5-6-13(16)14(17)9-11/h5-6,9-10,12H,7-8,18H2,1-4H3. The van der Waals surface area contributed by atoms with E-state index in [1.165, 1.54) is 6.07 Å². The molecule has 0 saturated heterocycles. The second kappa shape index (κ2) is 5.79. The van der Waals surface area contributed by atoms with Gasteiger partial charge in [0, 0.05) is 6.04 Å². The molecule has 1 nitrogen and oxygen atoms in total. The molecule has 0 saturated carbocycles. The normalized spacial score (nSPS) is 15.5. The van der Waals surface area contributed by atoms with Crippen LogP contribution in [0, 0.1) is 23.0 Å². The third kappa shape index (κ3) is 4.37. The van der Waals surface area contributed by atoms with Gasteiger partial charge in [-0.2, -0.15) is 0 Å². The zero-order chi connectivity index (χ0) is 13.9. The lowest BCUT2D eigenvalue weighted by molar-refractivity contribution is 0.233. The van der Waals surface area contributed by atoms with Gasteiger partial charge >= 0.3 is 0 Å². The lowest BCUT2D eigenvalue weighted by Gasteiger charge is -2.29. The highest BCUT2D eigenvalue weighted by molar-refractivity contribution is 5.18. The molecule has 0 aliphatic rings. The van der Waals surface area contributed by atoms with Gasteiger partial charge in [0.1, 0.15) is 0 Å². The zero-order valence-electron chi connectivity index (χ0n) is 11.6. The summed E-state index contributed by atoms with van der Waals surface area (Å²) in [5, 5.41) is 0. The molecule has 1 aromatic rings. The molecular formula is C15H23F2N. The van der Waals surface area contributed by atoms with Gasteiger partial charge in [0.15, 0.2) is 11.6 Å². The Balaban J connectivity index is 2.59. The van der Waals surface area contributed by atoms with E-state index in [9.17, 15) is 8.78 Å². The van der Waals surface area contributed by atoms with E-state index >= 15 is 0 Å². The minimum atomic E-state index is -0.810. The minimum Gasteiger partial charge on any atom is -0.327 e. The smallest absolute Gasteiger partial charge is 0.159 e. The summed E-state index contributed by atoms with van der Waals surface area (Å²) in [4.78, 5) is 0. The predicted octanol–water partition coefficient (Wildman–Crippen LogP) is 3.91. The first-order valence-corrected chi connectivity index (χ1v) is 6.39. The van der Waals surface area contributed by atoms with Crippen LogP contribution in [-0.4, -0.2) is 6.04 Å². The SMILES string of the molecule is CC(CC(N)Cc1ccc(F)c(F)c1)C(C)(C)C. The fraction of sp³-hybridized carbons (Fsp3) is 0.600. The van der Waals surface area contributed by atoms with Gasteiger partial charge in [-0.15, -0.1) is 0 Å². The van der Waals surface area contributed by atoms with Crippen LogP contribution in [0.4, 0.5) is 8.78 Å². The topological polar surface area (TPSA) is 26.0 Å². The van der Waals surface area contributed by atoms with Gasteiger partial charge < -0.3 is 5.73 Å². The Labute approximate surface area is 108 Å². The summed E-state index contributed by atoms with van der Waals surface area (Å²) in [7, 11) is 0. The monoisotopic (exact) mass is 255 g/mol. The molecule has 0 aliphatic heterocycles. The van der Waals surface area contributed by atoms with E-state index in [1.807, 2.05) is 0 Å². The van der Waals surface area contributed by atoms with Crippen molar-refractivity contribution in [1.82, 2.24) is 0 Å². The van der Waals surface area contributed by atoms with Crippen LogP contribution >= 0.6 is 0 Å². The van der Waals surface area contributed by atoms with Gasteiger partial charge in [0.2, 0.25) is 0 Å². The molecule has 102 valence electrons. The van der Waals surface area contributed by atoms with Gasteiger partial charge in [0.05, 0.1) is 0 Å². The molecule has 0 radical (unpaired) electrons. The predicted molar refractivity (Wildman–Crippen MR) is 71.3 cm³/mol. The molecule has 1 rings (SSSR count). The first-order chi connectivity index (χ1) is 8.20. The molecule has 0 bridgehead atoms. The maximum atomic E-state index is 13.1. The van der Waals surface area contributed by atoms with E-state index in [2.05, 4.69) is 27.7 Å². The Bertz CT molecular complexity index is 396. The van der Waals surface area contributed by atoms with Crippen LogP contribution in [0.5, 0.6) is 0 Å². The average Bonchev–Trinajstić information content (AvgIpc) is 2.22. The van der Waals surface area contributed by atoms with Crippen molar-refractivity contribution in [2.45, 2.75) is 46.6 Å². The van der Waals surface area contributed by atoms with Crippen LogP contribution in [0.15, 0.2) is 18.2 Å². The highest BCUT2D eigenvalue weighted by Gasteiger charge is 2.22. The highest BCUT2D eigenvalue weighted by atomic mass is 19.2. The number of benzene rings is 1. The van der Waals surface area contributed by atoms with Crippen molar-refractivity contribution in [3.05, 3.63) is 35.4 Å². The minimum absolute atomic E-state index is 0.0240. The third-order valence-corrected chi connectivity index (χ3v) is 3.62. The van der Waals surface area contributed by atoms with Crippen LogP contribution in [-0.2, 0) is 6.42 Å². The van der Waals surface area contributed by atoms with Crippen molar-refractivity contribution in [2.24, 2.45) is 17.1 Å². The molecule has 2 N–H and O–H groups in total. The zero-order valence-corrected chi connectivity index (χ0v) is 11.6. The Morgan fingerprint density at radius 1 is 1.17 bits per heavy atom. The largest absolute Gasteiger partial charge is 0.327 e. The summed E-state index contributed by atoms with van der Waals surface area (Å²) in [6.45, 7) is 8.72. The highest BCUT2D eigenvalue weighted by Crippen LogP contribution is 2.29. The molecule has 18 heavy (non-hydrogen) atoms. The van der Waals surface area contributed by atoms with Crippen molar-refractivity contribution in [1.29, 1.82) is 0 Å². The molecule has 3 heteroatoms. The van der Waals surface area contributed by atoms with E-state index in [-0.39, 0.29) is 11.5 Å². The van der Waals surface area contributed by atoms with E-state index in [1.54, 1.807) is 6.07 Å². The Hall–Kier alpha value is -0.960. The molecule has 1 aromatic carbocycles. The lowest BCUT2D eigenvalue weighted by atomic mass is 9.78. The molecule has 0 amide bonds. The molecule has 0 heterocycles. The van der Waals surface area contributed by atoms with Gasteiger partial charge in [-0.3, -0.25) is 0 Å². The number of halogens is 2. The van der Waals surface area contributed by atoms with E-state index < -0.39 is 11.6 Å². The van der Waals surface area contributed by atoms with Crippen molar-refractivity contribution in [2.75, 3.05) is 0 Å². The summed E-state index contributed by atoms with van der Waals surface area (Å²) in [6, 6.07) is 3.96. The number of nitrogens with two attached hydrogens (primary N) is 1. The first kappa shape index (κ1) is 15.1. The number of hydrogen-bond acceptors (Lipinski definition) is 1. The molecule has 2 atom stereocenters. The van der Waals surface area contributed by atoms with E-state index in [0.29, 0.717) is 12.3 Å². The lowest BCUT2D eigenvalue weighted by Crippen LogP contribution is -2.30. The third-order valence-electron chi connectivity index (χ3n) is 3.62. The van der Waals surface area contributed by atoms with Gasteiger partial charge in [-0.05, 0) is 41.9 Å². The Morgan fingerprint density at radius 3 is 2.28 bits per heavy atom. The molecule has 0 fully saturated rings. The first-order valence-electron chi connectivity index (χ1n) is 6.39. The fourth-order valence-electron chi connectivity index (χ4n) is 1.86. The van der Waals surface area contributed by atoms with Gasteiger partial charge in [-0.25, -0.2) is 8.78 Å². The molecule has 0 aromatic heterocycles. The van der Waals surface area contributed by atoms with E-state index in [4.69, 9.17) is 5.73 Å². The van der Waals surface area contributed by atoms with Crippen molar-refractivity contribution >= 4 is 0 Å². The van der Waals surface area contributed by atoms with Crippen molar-refractivity contribution in [3.8, 4) is 0 Å². The molecule has 2 unspecified atom stereocenters. The van der Waals surface area contributed by atoms with Crippen molar-refractivity contribution < 1.29 is 8.78 Å². The second-order valence-electron chi connectivity index (χ2n) is 6.22. The summed E-state index contributed by atoms with van der Waals surface area (Å²) in [5.74, 6) is -1.13. The number of rotatable bonds is 4. The van der Waals surface area contributed by atoms with Gasteiger partial charge in [0.25, 0.3) is 0 Å². The summed E-state index contributed by atoms with van der Waals surface area (Å²) in [6.07, 6.45) is 1.46. The van der Waals surface area contributed by atoms with Crippen LogP contribution in [0.1, 0.15) is 39.7 Å². The summed E-state index contributed by atoms with van der Waals surface area (Å²) >= 11 is 0. The molecule has 0 aliphatic carbocycles. The number of hydrogen-bond donors (Lipinski definition) is 1. The average molecular weight is 255 g/mol. The maximum Gasteiger partial charge on any atom is 0.159 e. The van der Waals surface area contributed by atoms with E-state index in [0.717, 1.165) is 18.1 Å². The van der Waals surface area contributed by atoms with Crippen LogP contribution in [0.25, 0.3) is 0 Å². The fourth-order valence-corrected chi connectivity index (χ4v) is 1.86. The molecular weight excluding hydrogens is 232 g/mol. The van der Waals surface area contributed by atoms with Gasteiger partial charge in [-0.1, -0.05) is 33.8 Å². The second-order valence-corrected chi connectivity index (χ2v) is 6.22. The van der Waals surface area contributed by atoms with Crippen LogP contribution in [0.3, 0.4) is 0 Å². The summed E-state index contributed by atoms with van der Waals surface area (Å²) < 4.78 is 25.9. The Kier molecular flexibility index (Phi) is 4.85. The van der Waals surface area contributed by atoms with Crippen molar-refractivity contribution in [3.63, 3.8) is 0 Å². The quantitative estimate of drug-likeness (QED) is 0.867.